The highest BCUT2D eigenvalue weighted by atomic mass is 16.2. The molecule has 1 aliphatic heterocycles. The topological polar surface area (TPSA) is 49.0 Å². The molecule has 1 saturated carbocycles. The molecule has 1 aromatic heterocycles. The standard InChI is InChI=1S/C18H21N3O/c1-12-6-2-5-9-14(12)17-15-10-21(11-16(15)19-20-17)18(22)13-7-3-4-8-13/h2,5-6,9,13H,3-4,7-8,10-11H2,1H3,(H,19,20). The predicted octanol–water partition coefficient (Wildman–Crippen LogP) is 3.42. The Morgan fingerprint density at radius 1 is 1.23 bits per heavy atom. The molecular formula is C18H21N3O. The van der Waals surface area contributed by atoms with Gasteiger partial charge in [-0.05, 0) is 25.3 Å². The van der Waals surface area contributed by atoms with Gasteiger partial charge in [0.15, 0.2) is 0 Å². The Hall–Kier alpha value is -2.10. The number of hydrogen-bond donors (Lipinski definition) is 1. The molecule has 4 rings (SSSR count). The van der Waals surface area contributed by atoms with Crippen LogP contribution in [0.15, 0.2) is 24.3 Å². The smallest absolute Gasteiger partial charge is 0.226 e. The Balaban J connectivity index is 1.60. The van der Waals surface area contributed by atoms with E-state index in [2.05, 4.69) is 29.3 Å². The summed E-state index contributed by atoms with van der Waals surface area (Å²) in [5.74, 6) is 0.580. The second-order valence-electron chi connectivity index (χ2n) is 6.52. The average molecular weight is 295 g/mol. The molecular weight excluding hydrogens is 274 g/mol. The van der Waals surface area contributed by atoms with Crippen molar-refractivity contribution in [3.8, 4) is 11.3 Å². The monoisotopic (exact) mass is 295 g/mol. The fourth-order valence-corrected chi connectivity index (χ4v) is 3.79. The normalized spacial score (nSPS) is 18.0. The lowest BCUT2D eigenvalue weighted by Crippen LogP contribution is -2.31. The van der Waals surface area contributed by atoms with Crippen LogP contribution in [0.4, 0.5) is 0 Å². The average Bonchev–Trinajstić information content (AvgIpc) is 3.24. The van der Waals surface area contributed by atoms with Crippen molar-refractivity contribution in [2.75, 3.05) is 0 Å². The first-order valence-corrected chi connectivity index (χ1v) is 8.15. The van der Waals surface area contributed by atoms with Gasteiger partial charge < -0.3 is 4.90 Å². The molecule has 1 fully saturated rings. The fraction of sp³-hybridized carbons (Fsp3) is 0.444. The molecule has 1 N–H and O–H groups in total. The van der Waals surface area contributed by atoms with Crippen LogP contribution >= 0.6 is 0 Å². The largest absolute Gasteiger partial charge is 0.332 e. The van der Waals surface area contributed by atoms with Crippen molar-refractivity contribution in [3.63, 3.8) is 0 Å². The SMILES string of the molecule is Cc1ccccc1-c1n[nH]c2c1CN(C(=O)C1CCCC1)C2. The number of hydrogen-bond acceptors (Lipinski definition) is 2. The molecule has 114 valence electrons. The Morgan fingerprint density at radius 2 is 2.00 bits per heavy atom. The first kappa shape index (κ1) is 13.6. The molecule has 0 spiro atoms. The number of fused-ring (bicyclic) bond motifs is 1. The number of aromatic nitrogens is 2. The van der Waals surface area contributed by atoms with Crippen LogP contribution in [0.3, 0.4) is 0 Å². The van der Waals surface area contributed by atoms with Crippen molar-refractivity contribution < 1.29 is 4.79 Å². The molecule has 0 atom stereocenters. The van der Waals surface area contributed by atoms with Gasteiger partial charge in [-0.1, -0.05) is 37.1 Å². The number of amides is 1. The lowest BCUT2D eigenvalue weighted by atomic mass is 10.0. The zero-order chi connectivity index (χ0) is 15.1. The van der Waals surface area contributed by atoms with E-state index in [0.29, 0.717) is 19.0 Å². The number of benzene rings is 1. The number of H-pyrrole nitrogens is 1. The molecule has 1 aliphatic carbocycles. The number of nitrogens with one attached hydrogen (secondary N) is 1. The number of nitrogens with zero attached hydrogens (tertiary/aromatic N) is 2. The molecule has 22 heavy (non-hydrogen) atoms. The zero-order valence-corrected chi connectivity index (χ0v) is 12.9. The van der Waals surface area contributed by atoms with Crippen molar-refractivity contribution in [3.05, 3.63) is 41.1 Å². The first-order chi connectivity index (χ1) is 10.7. The maximum Gasteiger partial charge on any atom is 0.226 e. The lowest BCUT2D eigenvalue weighted by Gasteiger charge is -2.20. The van der Waals surface area contributed by atoms with Crippen LogP contribution in [0.25, 0.3) is 11.3 Å². The van der Waals surface area contributed by atoms with Gasteiger partial charge in [-0.25, -0.2) is 0 Å². The molecule has 0 unspecified atom stereocenters. The molecule has 0 saturated heterocycles. The van der Waals surface area contributed by atoms with Gasteiger partial charge in [0, 0.05) is 17.0 Å². The van der Waals surface area contributed by atoms with Gasteiger partial charge in [0.05, 0.1) is 24.5 Å². The molecule has 0 bridgehead atoms. The van der Waals surface area contributed by atoms with E-state index in [4.69, 9.17) is 0 Å². The van der Waals surface area contributed by atoms with Crippen LogP contribution in [-0.4, -0.2) is 21.0 Å². The number of aryl methyl sites for hydroxylation is 1. The Bertz CT molecular complexity index is 713. The summed E-state index contributed by atoms with van der Waals surface area (Å²) in [7, 11) is 0. The molecule has 4 nitrogen and oxygen atoms in total. The second-order valence-corrected chi connectivity index (χ2v) is 6.52. The van der Waals surface area contributed by atoms with Crippen LogP contribution in [0.2, 0.25) is 0 Å². The summed E-state index contributed by atoms with van der Waals surface area (Å²) in [5, 5.41) is 7.64. The fourth-order valence-electron chi connectivity index (χ4n) is 3.79. The maximum atomic E-state index is 12.6. The van der Waals surface area contributed by atoms with E-state index in [1.165, 1.54) is 24.0 Å². The van der Waals surface area contributed by atoms with Gasteiger partial charge in [0.1, 0.15) is 0 Å². The van der Waals surface area contributed by atoms with Crippen LogP contribution in [0.5, 0.6) is 0 Å². The summed E-state index contributed by atoms with van der Waals surface area (Å²) in [4.78, 5) is 14.6. The first-order valence-electron chi connectivity index (χ1n) is 8.15. The summed E-state index contributed by atoms with van der Waals surface area (Å²) in [5.41, 5.74) is 5.69. The zero-order valence-electron chi connectivity index (χ0n) is 12.9. The molecule has 1 aromatic carbocycles. The van der Waals surface area contributed by atoms with Crippen LogP contribution in [0.1, 0.15) is 42.5 Å². The van der Waals surface area contributed by atoms with Gasteiger partial charge in [-0.2, -0.15) is 5.10 Å². The number of rotatable bonds is 2. The number of carbonyl (C=O) groups is 1. The van der Waals surface area contributed by atoms with Crippen molar-refractivity contribution in [2.24, 2.45) is 5.92 Å². The van der Waals surface area contributed by atoms with E-state index < -0.39 is 0 Å². The van der Waals surface area contributed by atoms with Crippen molar-refractivity contribution in [1.29, 1.82) is 0 Å². The molecule has 2 aliphatic rings. The maximum absolute atomic E-state index is 12.6. The Morgan fingerprint density at radius 3 is 2.77 bits per heavy atom. The quantitative estimate of drug-likeness (QED) is 0.923. The highest BCUT2D eigenvalue weighted by Gasteiger charge is 2.33. The van der Waals surface area contributed by atoms with E-state index in [1.54, 1.807) is 0 Å². The van der Waals surface area contributed by atoms with E-state index in [0.717, 1.165) is 29.8 Å². The van der Waals surface area contributed by atoms with Crippen molar-refractivity contribution in [2.45, 2.75) is 45.7 Å². The van der Waals surface area contributed by atoms with E-state index in [9.17, 15) is 4.79 Å². The summed E-state index contributed by atoms with van der Waals surface area (Å²) in [6.45, 7) is 3.49. The van der Waals surface area contributed by atoms with Crippen molar-refractivity contribution >= 4 is 5.91 Å². The Kier molecular flexibility index (Phi) is 3.25. The minimum Gasteiger partial charge on any atom is -0.332 e. The molecule has 4 heteroatoms. The van der Waals surface area contributed by atoms with Gasteiger partial charge in [0.25, 0.3) is 0 Å². The molecule has 2 aromatic rings. The van der Waals surface area contributed by atoms with Gasteiger partial charge >= 0.3 is 0 Å². The molecule has 0 radical (unpaired) electrons. The number of carbonyl (C=O) groups excluding carboxylic acids is 1. The highest BCUT2D eigenvalue weighted by molar-refractivity contribution is 5.80. The van der Waals surface area contributed by atoms with Gasteiger partial charge in [-0.15, -0.1) is 0 Å². The third kappa shape index (κ3) is 2.14. The molecule has 2 heterocycles. The minimum atomic E-state index is 0.249. The summed E-state index contributed by atoms with van der Waals surface area (Å²) < 4.78 is 0. The second kappa shape index (κ2) is 5.27. The predicted molar refractivity (Wildman–Crippen MR) is 85.0 cm³/mol. The minimum absolute atomic E-state index is 0.249. The van der Waals surface area contributed by atoms with Crippen LogP contribution < -0.4 is 0 Å². The Labute approximate surface area is 130 Å². The summed E-state index contributed by atoms with van der Waals surface area (Å²) in [6.07, 6.45) is 4.52. The highest BCUT2D eigenvalue weighted by Crippen LogP contribution is 2.34. The van der Waals surface area contributed by atoms with E-state index in [-0.39, 0.29) is 5.92 Å². The molecule has 1 amide bonds. The van der Waals surface area contributed by atoms with Gasteiger partial charge in [0.2, 0.25) is 5.91 Å². The third-order valence-electron chi connectivity index (χ3n) is 5.07. The third-order valence-corrected chi connectivity index (χ3v) is 5.07. The van der Waals surface area contributed by atoms with E-state index in [1.807, 2.05) is 17.0 Å². The van der Waals surface area contributed by atoms with Crippen molar-refractivity contribution in [1.82, 2.24) is 15.1 Å². The van der Waals surface area contributed by atoms with Crippen LogP contribution in [-0.2, 0) is 17.9 Å². The van der Waals surface area contributed by atoms with Crippen LogP contribution in [0, 0.1) is 12.8 Å². The summed E-state index contributed by atoms with van der Waals surface area (Å²) in [6, 6.07) is 8.29. The lowest BCUT2D eigenvalue weighted by molar-refractivity contribution is -0.136. The summed E-state index contributed by atoms with van der Waals surface area (Å²) >= 11 is 0. The van der Waals surface area contributed by atoms with E-state index >= 15 is 0 Å². The van der Waals surface area contributed by atoms with Gasteiger partial charge in [-0.3, -0.25) is 9.89 Å². The number of aromatic amines is 1.